The van der Waals surface area contributed by atoms with Crippen LogP contribution in [-0.4, -0.2) is 41.2 Å². The molecule has 0 bridgehead atoms. The van der Waals surface area contributed by atoms with E-state index in [1.54, 1.807) is 0 Å². The molecule has 4 heteroatoms. The molecule has 2 atom stereocenters. The number of aliphatic hydroxyl groups excluding tert-OH is 1. The van der Waals surface area contributed by atoms with E-state index in [1.807, 2.05) is 43.0 Å². The van der Waals surface area contributed by atoms with E-state index in [0.717, 1.165) is 43.5 Å². The average molecular weight is 291 g/mol. The molecule has 1 N–H and O–H groups in total. The van der Waals surface area contributed by atoms with Gasteiger partial charge in [0.1, 0.15) is 5.75 Å². The number of likely N-dealkylation sites (tertiary alicyclic amines) is 1. The van der Waals surface area contributed by atoms with Crippen molar-refractivity contribution in [2.45, 2.75) is 51.7 Å². The van der Waals surface area contributed by atoms with Crippen molar-refractivity contribution in [1.29, 1.82) is 0 Å². The molecule has 0 spiro atoms. The first kappa shape index (κ1) is 15.8. The quantitative estimate of drug-likeness (QED) is 0.876. The Morgan fingerprint density at radius 2 is 2.33 bits per heavy atom. The van der Waals surface area contributed by atoms with E-state index in [9.17, 15) is 4.79 Å². The van der Waals surface area contributed by atoms with Gasteiger partial charge in [-0.05, 0) is 57.2 Å². The van der Waals surface area contributed by atoms with Crippen LogP contribution in [0, 0.1) is 6.92 Å². The van der Waals surface area contributed by atoms with Crippen LogP contribution in [0.15, 0.2) is 24.3 Å². The predicted molar refractivity (Wildman–Crippen MR) is 82.3 cm³/mol. The summed E-state index contributed by atoms with van der Waals surface area (Å²) in [5.74, 6) is 0.791. The summed E-state index contributed by atoms with van der Waals surface area (Å²) in [6, 6.07) is 8.02. The van der Waals surface area contributed by atoms with Crippen molar-refractivity contribution in [1.82, 2.24) is 4.90 Å². The van der Waals surface area contributed by atoms with Gasteiger partial charge in [0.25, 0.3) is 5.91 Å². The Morgan fingerprint density at radius 3 is 3.05 bits per heavy atom. The van der Waals surface area contributed by atoms with Crippen molar-refractivity contribution in [3.05, 3.63) is 29.8 Å². The molecule has 4 nitrogen and oxygen atoms in total. The van der Waals surface area contributed by atoms with Crippen molar-refractivity contribution >= 4 is 5.91 Å². The molecule has 0 saturated carbocycles. The predicted octanol–water partition coefficient (Wildman–Crippen LogP) is 2.53. The molecule has 0 radical (unpaired) electrons. The maximum Gasteiger partial charge on any atom is 0.263 e. The van der Waals surface area contributed by atoms with E-state index >= 15 is 0 Å². The third-order valence-electron chi connectivity index (χ3n) is 4.01. The first-order valence-corrected chi connectivity index (χ1v) is 7.76. The highest BCUT2D eigenvalue weighted by atomic mass is 16.5. The number of carbonyl (C=O) groups excluding carboxylic acids is 1. The normalized spacial score (nSPS) is 19.6. The van der Waals surface area contributed by atoms with Gasteiger partial charge >= 0.3 is 0 Å². The van der Waals surface area contributed by atoms with E-state index in [0.29, 0.717) is 0 Å². The molecule has 1 aromatic carbocycles. The fourth-order valence-corrected chi connectivity index (χ4v) is 2.93. The number of ether oxygens (including phenoxy) is 1. The zero-order valence-corrected chi connectivity index (χ0v) is 12.9. The van der Waals surface area contributed by atoms with E-state index in [1.165, 1.54) is 0 Å². The van der Waals surface area contributed by atoms with E-state index in [2.05, 4.69) is 0 Å². The number of aryl methyl sites for hydroxylation is 1. The topological polar surface area (TPSA) is 49.8 Å². The molecule has 21 heavy (non-hydrogen) atoms. The minimum absolute atomic E-state index is 0.0527. The second kappa shape index (κ2) is 7.46. The van der Waals surface area contributed by atoms with E-state index < -0.39 is 6.10 Å². The van der Waals surface area contributed by atoms with Gasteiger partial charge in [-0.2, -0.15) is 0 Å². The maximum atomic E-state index is 12.5. The molecule has 116 valence electrons. The smallest absolute Gasteiger partial charge is 0.263 e. The summed E-state index contributed by atoms with van der Waals surface area (Å²) >= 11 is 0. The third-order valence-corrected chi connectivity index (χ3v) is 4.01. The highest BCUT2D eigenvalue weighted by Crippen LogP contribution is 2.23. The van der Waals surface area contributed by atoms with Gasteiger partial charge in [0, 0.05) is 19.2 Å². The number of benzene rings is 1. The molecular formula is C17H25NO3. The molecule has 2 unspecified atom stereocenters. The minimum Gasteiger partial charge on any atom is -0.481 e. The summed E-state index contributed by atoms with van der Waals surface area (Å²) < 4.78 is 5.78. The Labute approximate surface area is 126 Å². The van der Waals surface area contributed by atoms with Gasteiger partial charge in [0.05, 0.1) is 0 Å². The summed E-state index contributed by atoms with van der Waals surface area (Å²) in [6.07, 6.45) is 3.23. The summed E-state index contributed by atoms with van der Waals surface area (Å²) in [7, 11) is 0. The Morgan fingerprint density at radius 1 is 1.52 bits per heavy atom. The van der Waals surface area contributed by atoms with Crippen LogP contribution in [0.1, 0.15) is 38.2 Å². The van der Waals surface area contributed by atoms with Gasteiger partial charge in [-0.15, -0.1) is 0 Å². The van der Waals surface area contributed by atoms with Gasteiger partial charge in [-0.1, -0.05) is 12.1 Å². The highest BCUT2D eigenvalue weighted by molar-refractivity contribution is 5.81. The van der Waals surface area contributed by atoms with Crippen LogP contribution in [0.5, 0.6) is 5.75 Å². The molecule has 1 aliphatic heterocycles. The van der Waals surface area contributed by atoms with E-state index in [4.69, 9.17) is 9.84 Å². The zero-order valence-electron chi connectivity index (χ0n) is 12.9. The zero-order chi connectivity index (χ0) is 15.2. The molecule has 1 heterocycles. The number of carbonyl (C=O) groups is 1. The van der Waals surface area contributed by atoms with E-state index in [-0.39, 0.29) is 18.6 Å². The Balaban J connectivity index is 1.95. The summed E-state index contributed by atoms with van der Waals surface area (Å²) in [5, 5.41) is 8.95. The molecule has 1 fully saturated rings. The molecule has 1 aromatic rings. The van der Waals surface area contributed by atoms with Crippen molar-refractivity contribution < 1.29 is 14.6 Å². The molecule has 1 saturated heterocycles. The lowest BCUT2D eigenvalue weighted by Crippen LogP contribution is -2.43. The second-order valence-corrected chi connectivity index (χ2v) is 5.77. The van der Waals surface area contributed by atoms with Gasteiger partial charge in [-0.25, -0.2) is 0 Å². The van der Waals surface area contributed by atoms with Crippen LogP contribution in [0.2, 0.25) is 0 Å². The third kappa shape index (κ3) is 4.21. The van der Waals surface area contributed by atoms with Crippen molar-refractivity contribution in [3.63, 3.8) is 0 Å². The fourth-order valence-electron chi connectivity index (χ4n) is 2.93. The van der Waals surface area contributed by atoms with Crippen LogP contribution >= 0.6 is 0 Å². The number of amides is 1. The monoisotopic (exact) mass is 291 g/mol. The molecule has 2 rings (SSSR count). The minimum atomic E-state index is -0.471. The van der Waals surface area contributed by atoms with Crippen LogP contribution in [0.4, 0.5) is 0 Å². The Kier molecular flexibility index (Phi) is 5.62. The van der Waals surface area contributed by atoms with Gasteiger partial charge in [-0.3, -0.25) is 4.79 Å². The van der Waals surface area contributed by atoms with Crippen LogP contribution in [-0.2, 0) is 4.79 Å². The fraction of sp³-hybridized carbons (Fsp3) is 0.588. The summed E-state index contributed by atoms with van der Waals surface area (Å²) in [6.45, 7) is 4.81. The molecule has 0 aromatic heterocycles. The van der Waals surface area contributed by atoms with Gasteiger partial charge < -0.3 is 14.7 Å². The highest BCUT2D eigenvalue weighted by Gasteiger charge is 2.31. The lowest BCUT2D eigenvalue weighted by molar-refractivity contribution is -0.138. The SMILES string of the molecule is Cc1cccc(OC(C)C(=O)N2CCCC2CCCO)c1. The molecule has 1 amide bonds. The first-order valence-electron chi connectivity index (χ1n) is 7.76. The molecule has 0 aliphatic carbocycles. The molecular weight excluding hydrogens is 266 g/mol. The number of rotatable bonds is 6. The van der Waals surface area contributed by atoms with Crippen LogP contribution < -0.4 is 4.74 Å². The van der Waals surface area contributed by atoms with Gasteiger partial charge in [0.2, 0.25) is 0 Å². The Bertz CT molecular complexity index is 475. The first-order chi connectivity index (χ1) is 10.1. The van der Waals surface area contributed by atoms with Crippen LogP contribution in [0.25, 0.3) is 0 Å². The number of aliphatic hydroxyl groups is 1. The van der Waals surface area contributed by atoms with Crippen LogP contribution in [0.3, 0.4) is 0 Å². The summed E-state index contributed by atoms with van der Waals surface area (Å²) in [4.78, 5) is 14.5. The lowest BCUT2D eigenvalue weighted by Gasteiger charge is -2.27. The Hall–Kier alpha value is -1.55. The number of nitrogens with zero attached hydrogens (tertiary/aromatic N) is 1. The van der Waals surface area contributed by atoms with Crippen molar-refractivity contribution in [3.8, 4) is 5.75 Å². The van der Waals surface area contributed by atoms with Gasteiger partial charge in [0.15, 0.2) is 6.10 Å². The number of hydrogen-bond donors (Lipinski definition) is 1. The lowest BCUT2D eigenvalue weighted by atomic mass is 10.1. The number of hydrogen-bond acceptors (Lipinski definition) is 3. The maximum absolute atomic E-state index is 12.5. The van der Waals surface area contributed by atoms with Crippen molar-refractivity contribution in [2.75, 3.05) is 13.2 Å². The summed E-state index contributed by atoms with van der Waals surface area (Å²) in [5.41, 5.74) is 1.12. The second-order valence-electron chi connectivity index (χ2n) is 5.77. The van der Waals surface area contributed by atoms with Crippen molar-refractivity contribution in [2.24, 2.45) is 0 Å². The standard InChI is InChI=1S/C17H25NO3/c1-13-6-3-9-16(12-13)21-14(2)17(20)18-10-4-7-15(18)8-5-11-19/h3,6,9,12,14-15,19H,4-5,7-8,10-11H2,1-2H3. The largest absolute Gasteiger partial charge is 0.481 e. The molecule has 1 aliphatic rings. The average Bonchev–Trinajstić information content (AvgIpc) is 2.92.